The highest BCUT2D eigenvalue weighted by atomic mass is 79.9. The van der Waals surface area contributed by atoms with Crippen LogP contribution in [0.1, 0.15) is 21.7 Å². The van der Waals surface area contributed by atoms with Crippen molar-refractivity contribution in [3.05, 3.63) is 69.6 Å². The van der Waals surface area contributed by atoms with Crippen LogP contribution in [0.2, 0.25) is 0 Å². The summed E-state index contributed by atoms with van der Waals surface area (Å²) in [5.74, 6) is -0.170. The molecule has 5 heteroatoms. The Bertz CT molecular complexity index is 855. The number of amides is 1. The molecule has 0 unspecified atom stereocenters. The van der Waals surface area contributed by atoms with E-state index in [1.807, 2.05) is 25.1 Å². The van der Waals surface area contributed by atoms with Gasteiger partial charge in [0.15, 0.2) is 5.76 Å². The largest absolute Gasteiger partial charge is 0.451 e. The molecule has 2 aromatic carbocycles. The van der Waals surface area contributed by atoms with Gasteiger partial charge in [0.25, 0.3) is 5.91 Å². The van der Waals surface area contributed by atoms with Crippen molar-refractivity contribution in [2.45, 2.75) is 13.3 Å². The summed E-state index contributed by atoms with van der Waals surface area (Å²) in [4.78, 5) is 12.3. The predicted octanol–water partition coefficient (Wildman–Crippen LogP) is 4.62. The second-order valence-corrected chi connectivity index (χ2v) is 6.24. The SMILES string of the molecule is Cc1c(C(=O)NCCc2ccc(F)cc2)oc2ccc(Br)cc12. The van der Waals surface area contributed by atoms with E-state index in [0.717, 1.165) is 21.0 Å². The van der Waals surface area contributed by atoms with Crippen LogP contribution in [0.4, 0.5) is 4.39 Å². The Labute approximate surface area is 141 Å². The van der Waals surface area contributed by atoms with Gasteiger partial charge in [0.1, 0.15) is 11.4 Å². The van der Waals surface area contributed by atoms with Crippen LogP contribution in [-0.4, -0.2) is 12.5 Å². The molecular weight excluding hydrogens is 361 g/mol. The number of fused-ring (bicyclic) bond motifs is 1. The molecule has 3 rings (SSSR count). The highest BCUT2D eigenvalue weighted by molar-refractivity contribution is 9.10. The molecule has 3 aromatic rings. The van der Waals surface area contributed by atoms with Crippen LogP contribution >= 0.6 is 15.9 Å². The number of carbonyl (C=O) groups excluding carboxylic acids is 1. The third kappa shape index (κ3) is 3.45. The fraction of sp³-hybridized carbons (Fsp3) is 0.167. The zero-order chi connectivity index (χ0) is 16.4. The van der Waals surface area contributed by atoms with Crippen LogP contribution in [0.25, 0.3) is 11.0 Å². The summed E-state index contributed by atoms with van der Waals surface area (Å²) in [6.07, 6.45) is 0.636. The summed E-state index contributed by atoms with van der Waals surface area (Å²) in [7, 11) is 0. The first kappa shape index (κ1) is 15.7. The highest BCUT2D eigenvalue weighted by Crippen LogP contribution is 2.27. The molecule has 0 aliphatic carbocycles. The fourth-order valence-electron chi connectivity index (χ4n) is 2.46. The van der Waals surface area contributed by atoms with Crippen LogP contribution in [-0.2, 0) is 6.42 Å². The van der Waals surface area contributed by atoms with E-state index < -0.39 is 0 Å². The van der Waals surface area contributed by atoms with Crippen molar-refractivity contribution in [1.29, 1.82) is 0 Å². The number of aryl methyl sites for hydroxylation is 1. The number of rotatable bonds is 4. The molecule has 118 valence electrons. The van der Waals surface area contributed by atoms with Gasteiger partial charge in [-0.2, -0.15) is 0 Å². The van der Waals surface area contributed by atoms with Crippen LogP contribution in [0.3, 0.4) is 0 Å². The molecule has 1 N–H and O–H groups in total. The normalized spacial score (nSPS) is 10.9. The standard InChI is InChI=1S/C18H15BrFNO2/c1-11-15-10-13(19)4-7-16(15)23-17(11)18(22)21-9-8-12-2-5-14(20)6-3-12/h2-7,10H,8-9H2,1H3,(H,21,22). The molecule has 0 saturated carbocycles. The lowest BCUT2D eigenvalue weighted by Gasteiger charge is -2.04. The van der Waals surface area contributed by atoms with Gasteiger partial charge in [-0.3, -0.25) is 4.79 Å². The minimum atomic E-state index is -0.262. The molecule has 0 atom stereocenters. The summed E-state index contributed by atoms with van der Waals surface area (Å²) >= 11 is 3.42. The summed E-state index contributed by atoms with van der Waals surface area (Å²) in [6.45, 7) is 2.33. The molecule has 23 heavy (non-hydrogen) atoms. The summed E-state index contributed by atoms with van der Waals surface area (Å²) in [5.41, 5.74) is 2.48. The van der Waals surface area contributed by atoms with Gasteiger partial charge in [0.2, 0.25) is 0 Å². The third-order valence-electron chi connectivity index (χ3n) is 3.72. The number of benzene rings is 2. The van der Waals surface area contributed by atoms with Gasteiger partial charge in [0, 0.05) is 22.0 Å². The smallest absolute Gasteiger partial charge is 0.287 e. The molecule has 1 heterocycles. The third-order valence-corrected chi connectivity index (χ3v) is 4.21. The quantitative estimate of drug-likeness (QED) is 0.722. The lowest BCUT2D eigenvalue weighted by molar-refractivity contribution is 0.0928. The van der Waals surface area contributed by atoms with Gasteiger partial charge in [-0.15, -0.1) is 0 Å². The maximum atomic E-state index is 12.8. The Morgan fingerprint density at radius 3 is 2.70 bits per heavy atom. The molecule has 1 amide bonds. The number of nitrogens with one attached hydrogen (secondary N) is 1. The van der Waals surface area contributed by atoms with E-state index >= 15 is 0 Å². The van der Waals surface area contributed by atoms with Crippen LogP contribution in [0, 0.1) is 12.7 Å². The number of carbonyl (C=O) groups is 1. The zero-order valence-corrected chi connectivity index (χ0v) is 14.1. The first-order valence-corrected chi connectivity index (χ1v) is 8.05. The van der Waals surface area contributed by atoms with Crippen molar-refractivity contribution in [3.8, 4) is 0 Å². The lowest BCUT2D eigenvalue weighted by atomic mass is 10.1. The van der Waals surface area contributed by atoms with Crippen LogP contribution in [0.15, 0.2) is 51.4 Å². The molecular formula is C18H15BrFNO2. The molecule has 3 nitrogen and oxygen atoms in total. The Kier molecular flexibility index (Phi) is 4.48. The molecule has 0 aliphatic heterocycles. The minimum absolute atomic E-state index is 0.239. The van der Waals surface area contributed by atoms with Gasteiger partial charge < -0.3 is 9.73 Å². The second kappa shape index (κ2) is 6.54. The van der Waals surface area contributed by atoms with Gasteiger partial charge in [0.05, 0.1) is 0 Å². The Hall–Kier alpha value is -2.14. The van der Waals surface area contributed by atoms with Gasteiger partial charge in [-0.1, -0.05) is 28.1 Å². The van der Waals surface area contributed by atoms with Crippen molar-refractivity contribution >= 4 is 32.8 Å². The molecule has 0 radical (unpaired) electrons. The number of hydrogen-bond donors (Lipinski definition) is 1. The van der Waals surface area contributed by atoms with Gasteiger partial charge in [-0.25, -0.2) is 4.39 Å². The number of furan rings is 1. The number of hydrogen-bond acceptors (Lipinski definition) is 2. The summed E-state index contributed by atoms with van der Waals surface area (Å²) in [6, 6.07) is 11.9. The summed E-state index contributed by atoms with van der Waals surface area (Å²) in [5, 5.41) is 3.76. The topological polar surface area (TPSA) is 42.2 Å². The van der Waals surface area contributed by atoms with E-state index in [1.54, 1.807) is 12.1 Å². The Morgan fingerprint density at radius 2 is 1.96 bits per heavy atom. The monoisotopic (exact) mass is 375 g/mol. The van der Waals surface area contributed by atoms with Crippen LogP contribution in [0.5, 0.6) is 0 Å². The second-order valence-electron chi connectivity index (χ2n) is 5.33. The highest BCUT2D eigenvalue weighted by Gasteiger charge is 2.17. The fourth-order valence-corrected chi connectivity index (χ4v) is 2.82. The van der Waals surface area contributed by atoms with Crippen molar-refractivity contribution in [3.63, 3.8) is 0 Å². The molecule has 0 bridgehead atoms. The van der Waals surface area contributed by atoms with E-state index in [4.69, 9.17) is 4.42 Å². The van der Waals surface area contributed by atoms with Gasteiger partial charge in [-0.05, 0) is 49.2 Å². The van der Waals surface area contributed by atoms with E-state index in [9.17, 15) is 9.18 Å². The first-order chi connectivity index (χ1) is 11.0. The van der Waals surface area contributed by atoms with E-state index in [2.05, 4.69) is 21.2 Å². The summed E-state index contributed by atoms with van der Waals surface area (Å²) < 4.78 is 19.4. The molecule has 0 aliphatic rings. The van der Waals surface area contributed by atoms with Crippen molar-refractivity contribution < 1.29 is 13.6 Å². The lowest BCUT2D eigenvalue weighted by Crippen LogP contribution is -2.25. The average Bonchev–Trinajstić information content (AvgIpc) is 2.86. The Morgan fingerprint density at radius 1 is 1.22 bits per heavy atom. The minimum Gasteiger partial charge on any atom is -0.451 e. The van der Waals surface area contributed by atoms with E-state index in [-0.39, 0.29) is 11.7 Å². The maximum Gasteiger partial charge on any atom is 0.287 e. The predicted molar refractivity (Wildman–Crippen MR) is 91.1 cm³/mol. The Balaban J connectivity index is 1.68. The van der Waals surface area contributed by atoms with Crippen molar-refractivity contribution in [2.24, 2.45) is 0 Å². The van der Waals surface area contributed by atoms with Crippen molar-refractivity contribution in [1.82, 2.24) is 5.32 Å². The van der Waals surface area contributed by atoms with E-state index in [1.165, 1.54) is 12.1 Å². The van der Waals surface area contributed by atoms with Crippen LogP contribution < -0.4 is 5.32 Å². The van der Waals surface area contributed by atoms with E-state index in [0.29, 0.717) is 24.3 Å². The molecule has 0 fully saturated rings. The molecule has 0 spiro atoms. The first-order valence-electron chi connectivity index (χ1n) is 7.26. The average molecular weight is 376 g/mol. The molecule has 1 aromatic heterocycles. The molecule has 0 saturated heterocycles. The van der Waals surface area contributed by atoms with Gasteiger partial charge >= 0.3 is 0 Å². The maximum absolute atomic E-state index is 12.8. The van der Waals surface area contributed by atoms with Crippen molar-refractivity contribution in [2.75, 3.05) is 6.54 Å². The zero-order valence-electron chi connectivity index (χ0n) is 12.5. The number of halogens is 2.